The number of carboxylic acid groups (broad SMARTS) is 2. The topological polar surface area (TPSA) is 139 Å². The van der Waals surface area contributed by atoms with Gasteiger partial charge in [0.15, 0.2) is 0 Å². The van der Waals surface area contributed by atoms with Crippen molar-refractivity contribution in [3.8, 4) is 0 Å². The summed E-state index contributed by atoms with van der Waals surface area (Å²) in [6.07, 6.45) is 55.7. The van der Waals surface area contributed by atoms with Crippen molar-refractivity contribution in [1.29, 1.82) is 0 Å². The number of rotatable bonds is 51. The molecule has 0 saturated heterocycles. The SMILES string of the molecule is CCCCCCCCCCCCCCCCCC(=O)[O][Al]([O]C(=O)CCCCCCCCCCCCCCCCC)[O]C(=O)CCCCCCCCCCCCCCCCC.O=C([O-])O.[Na+]. The molecule has 0 bridgehead atoms. The van der Waals surface area contributed by atoms with Crippen LogP contribution in [-0.4, -0.2) is 44.3 Å². The smallest absolute Gasteiger partial charge is 0.565 e. The molecule has 0 amide bonds. The predicted octanol–water partition coefficient (Wildman–Crippen LogP) is 14.3. The summed E-state index contributed by atoms with van der Waals surface area (Å²) >= 11 is -3.24. The Morgan fingerprint density at radius 2 is 0.424 bits per heavy atom. The molecule has 0 aliphatic carbocycles. The maximum Gasteiger partial charge on any atom is 1.20 e. The number of carbonyl (C=O) groups excluding carboxylic acids is 3. The average molecular weight is 961 g/mol. The summed E-state index contributed by atoms with van der Waals surface area (Å²) in [7, 11) is 0. The molecular weight excluding hydrogens is 855 g/mol. The Hall–Kier alpha value is -0.788. The molecule has 66 heavy (non-hydrogen) atoms. The summed E-state index contributed by atoms with van der Waals surface area (Å²) in [6.45, 7) is 6.82. The van der Waals surface area contributed by atoms with Crippen molar-refractivity contribution < 1.29 is 70.3 Å². The minimum atomic E-state index is -3.24. The van der Waals surface area contributed by atoms with Gasteiger partial charge in [0.1, 0.15) is 0 Å². The number of carbonyl (C=O) groups is 4. The molecule has 0 radical (unpaired) electrons. The van der Waals surface area contributed by atoms with E-state index in [4.69, 9.17) is 26.4 Å². The Balaban J connectivity index is -0.00000759. The van der Waals surface area contributed by atoms with Gasteiger partial charge in [0.05, 0.1) is 0 Å². The van der Waals surface area contributed by atoms with Crippen LogP contribution in [0, 0.1) is 0 Å². The minimum absolute atomic E-state index is 0. The van der Waals surface area contributed by atoms with Gasteiger partial charge in [0.2, 0.25) is 6.16 Å². The largest absolute Gasteiger partial charge is 1.20 e. The molecule has 9 nitrogen and oxygen atoms in total. The third-order valence-corrected chi connectivity index (χ3v) is 14.0. The Labute approximate surface area is 435 Å². The fourth-order valence-corrected chi connectivity index (χ4v) is 9.63. The second kappa shape index (κ2) is 60.3. The Morgan fingerprint density at radius 1 is 0.303 bits per heavy atom. The van der Waals surface area contributed by atoms with E-state index < -0.39 is 39.2 Å². The molecule has 0 aromatic carbocycles. The molecule has 0 heterocycles. The van der Waals surface area contributed by atoms with Crippen LogP contribution in [0.2, 0.25) is 0 Å². The summed E-state index contributed by atoms with van der Waals surface area (Å²) in [5.41, 5.74) is 0. The quantitative estimate of drug-likeness (QED) is 0.0466. The van der Waals surface area contributed by atoms with Crippen LogP contribution in [0.4, 0.5) is 4.79 Å². The molecule has 0 fully saturated rings. The van der Waals surface area contributed by atoms with Crippen molar-refractivity contribution in [2.45, 2.75) is 329 Å². The molecule has 1 N–H and O–H groups in total. The summed E-state index contributed by atoms with van der Waals surface area (Å²) in [5.74, 6) is -1.23. The second-order valence-corrected chi connectivity index (χ2v) is 20.4. The molecule has 384 valence electrons. The van der Waals surface area contributed by atoms with E-state index in [2.05, 4.69) is 20.8 Å². The second-order valence-electron chi connectivity index (χ2n) is 19.1. The third kappa shape index (κ3) is 63.2. The van der Waals surface area contributed by atoms with E-state index >= 15 is 0 Å². The molecule has 0 rings (SSSR count). The Bertz CT molecular complexity index is 899. The van der Waals surface area contributed by atoms with Gasteiger partial charge in [0.25, 0.3) is 17.9 Å². The molecule has 0 unspecified atom stereocenters. The molecule has 0 aliphatic heterocycles. The van der Waals surface area contributed by atoms with E-state index in [1.54, 1.807) is 0 Å². The van der Waals surface area contributed by atoms with E-state index in [9.17, 15) is 14.4 Å². The monoisotopic (exact) mass is 961 g/mol. The van der Waals surface area contributed by atoms with Crippen molar-refractivity contribution in [2.24, 2.45) is 0 Å². The van der Waals surface area contributed by atoms with Gasteiger partial charge in [-0.15, -0.1) is 0 Å². The van der Waals surface area contributed by atoms with E-state index in [1.807, 2.05) is 0 Å². The van der Waals surface area contributed by atoms with Crippen LogP contribution in [0.1, 0.15) is 329 Å². The summed E-state index contributed by atoms with van der Waals surface area (Å²) in [5, 5.41) is 15.3. The fourth-order valence-electron chi connectivity index (χ4n) is 8.49. The molecule has 0 aromatic heterocycles. The average Bonchev–Trinajstić information content (AvgIpc) is 3.27. The van der Waals surface area contributed by atoms with E-state index in [1.165, 1.54) is 231 Å². The molecule has 0 atom stereocenters. The van der Waals surface area contributed by atoms with E-state index in [-0.39, 0.29) is 48.8 Å². The third-order valence-electron chi connectivity index (χ3n) is 12.6. The zero-order chi connectivity index (χ0) is 47.9. The predicted molar refractivity (Wildman–Crippen MR) is 271 cm³/mol. The van der Waals surface area contributed by atoms with Gasteiger partial charge in [-0.1, -0.05) is 290 Å². The summed E-state index contributed by atoms with van der Waals surface area (Å²) in [4.78, 5) is 46.8. The van der Waals surface area contributed by atoms with Gasteiger partial charge in [-0.25, -0.2) is 0 Å². The summed E-state index contributed by atoms with van der Waals surface area (Å²) in [6, 6.07) is 0. The van der Waals surface area contributed by atoms with Crippen molar-refractivity contribution in [2.75, 3.05) is 0 Å². The first-order valence-electron chi connectivity index (χ1n) is 28.2. The van der Waals surface area contributed by atoms with Crippen molar-refractivity contribution in [3.05, 3.63) is 0 Å². The molecule has 0 spiro atoms. The summed E-state index contributed by atoms with van der Waals surface area (Å²) < 4.78 is 16.7. The van der Waals surface area contributed by atoms with Crippen LogP contribution < -0.4 is 34.7 Å². The van der Waals surface area contributed by atoms with Crippen molar-refractivity contribution in [3.63, 3.8) is 0 Å². The zero-order valence-electron chi connectivity index (χ0n) is 44.2. The van der Waals surface area contributed by atoms with Crippen LogP contribution in [0.15, 0.2) is 0 Å². The normalized spacial score (nSPS) is 10.8. The molecule has 11 heteroatoms. The van der Waals surface area contributed by atoms with Gasteiger partial charge >= 0.3 is 44.7 Å². The van der Waals surface area contributed by atoms with Crippen molar-refractivity contribution >= 4 is 39.2 Å². The Kier molecular flexibility index (Phi) is 63.5. The standard InChI is InChI=1S/3C18H36O2.CH2O3.Al.Na/c3*1-2-3-4-5-6-7-8-9-10-11-12-13-14-15-16-17-18(19)20;2-1(3)4;;/h3*2-17H2,1H3,(H,19,20);(H2,2,3,4);;/q;;;;+3;+1/p-4. The van der Waals surface area contributed by atoms with Gasteiger partial charge < -0.3 is 26.4 Å². The van der Waals surface area contributed by atoms with Crippen LogP contribution in [0.3, 0.4) is 0 Å². The van der Waals surface area contributed by atoms with Gasteiger partial charge in [-0.2, -0.15) is 0 Å². The number of unbranched alkanes of at least 4 members (excludes halogenated alkanes) is 42. The van der Waals surface area contributed by atoms with E-state index in [0.29, 0.717) is 0 Å². The first-order chi connectivity index (χ1) is 31.8. The molecule has 0 aromatic rings. The minimum Gasteiger partial charge on any atom is -0.565 e. The van der Waals surface area contributed by atoms with E-state index in [0.717, 1.165) is 57.8 Å². The van der Waals surface area contributed by atoms with Gasteiger partial charge in [0, 0.05) is 19.3 Å². The number of hydrogen-bond donors (Lipinski definition) is 1. The fraction of sp³-hybridized carbons (Fsp3) is 0.927. The maximum atomic E-state index is 12.8. The van der Waals surface area contributed by atoms with Crippen LogP contribution in [0.5, 0.6) is 0 Å². The molecular formula is C55H106AlNaO9. The molecule has 0 aliphatic rings. The first kappa shape index (κ1) is 69.5. The van der Waals surface area contributed by atoms with Gasteiger partial charge in [-0.05, 0) is 19.3 Å². The van der Waals surface area contributed by atoms with Gasteiger partial charge in [-0.3, -0.25) is 14.4 Å². The molecule has 0 saturated carbocycles. The zero-order valence-corrected chi connectivity index (χ0v) is 47.4. The Morgan fingerprint density at radius 3 is 0.561 bits per heavy atom. The maximum absolute atomic E-state index is 12.8. The number of hydrogen-bond acceptors (Lipinski definition) is 8. The van der Waals surface area contributed by atoms with Crippen LogP contribution >= 0.6 is 0 Å². The van der Waals surface area contributed by atoms with Crippen molar-refractivity contribution in [1.82, 2.24) is 0 Å². The first-order valence-corrected chi connectivity index (χ1v) is 29.7. The van der Waals surface area contributed by atoms with Crippen LogP contribution in [-0.2, 0) is 25.7 Å². The van der Waals surface area contributed by atoms with Crippen LogP contribution in [0.25, 0.3) is 0 Å².